The quantitative estimate of drug-likeness (QED) is 0.703. The number of hydrogen-bond acceptors (Lipinski definition) is 3. The van der Waals surface area contributed by atoms with Crippen molar-refractivity contribution in [2.75, 3.05) is 38.6 Å². The van der Waals surface area contributed by atoms with Gasteiger partial charge in [0.05, 0.1) is 0 Å². The molecule has 0 saturated carbocycles. The van der Waals surface area contributed by atoms with E-state index >= 15 is 0 Å². The molecule has 21 heavy (non-hydrogen) atoms. The number of halogens is 1. The molecule has 0 spiro atoms. The summed E-state index contributed by atoms with van der Waals surface area (Å²) in [5.74, 6) is 0. The Bertz CT molecular complexity index is 420. The molecule has 0 fully saturated rings. The third kappa shape index (κ3) is 5.85. The van der Waals surface area contributed by atoms with Crippen molar-refractivity contribution >= 4 is 17.3 Å². The topological polar surface area (TPSA) is 18.5 Å². The van der Waals surface area contributed by atoms with Crippen LogP contribution in [-0.2, 0) is 6.54 Å². The van der Waals surface area contributed by atoms with Gasteiger partial charge >= 0.3 is 0 Å². The number of nitrogens with zero attached hydrogens (tertiary/aromatic N) is 2. The fourth-order valence-electron chi connectivity index (χ4n) is 2.72. The van der Waals surface area contributed by atoms with E-state index in [1.54, 1.807) is 0 Å². The van der Waals surface area contributed by atoms with Crippen molar-refractivity contribution in [3.63, 3.8) is 0 Å². The van der Waals surface area contributed by atoms with Crippen molar-refractivity contribution in [3.05, 3.63) is 28.8 Å². The highest BCUT2D eigenvalue weighted by atomic mass is 35.5. The van der Waals surface area contributed by atoms with Crippen molar-refractivity contribution in [2.45, 2.75) is 39.8 Å². The van der Waals surface area contributed by atoms with Gasteiger partial charge in [-0.05, 0) is 64.7 Å². The van der Waals surface area contributed by atoms with Crippen LogP contribution in [0, 0.1) is 0 Å². The van der Waals surface area contributed by atoms with Gasteiger partial charge in [-0.1, -0.05) is 18.5 Å². The summed E-state index contributed by atoms with van der Waals surface area (Å²) in [7, 11) is 4.24. The van der Waals surface area contributed by atoms with E-state index in [1.165, 1.54) is 11.3 Å². The first-order chi connectivity index (χ1) is 9.99. The molecule has 1 aromatic rings. The summed E-state index contributed by atoms with van der Waals surface area (Å²) < 4.78 is 0. The van der Waals surface area contributed by atoms with E-state index in [-0.39, 0.29) is 0 Å². The van der Waals surface area contributed by atoms with E-state index in [2.05, 4.69) is 62.1 Å². The molecule has 0 amide bonds. The average Bonchev–Trinajstić information content (AvgIpc) is 2.41. The first-order valence-electron chi connectivity index (χ1n) is 7.90. The predicted octanol–water partition coefficient (Wildman–Crippen LogP) is 3.62. The lowest BCUT2D eigenvalue weighted by Crippen LogP contribution is -2.40. The van der Waals surface area contributed by atoms with Crippen LogP contribution in [-0.4, -0.2) is 44.7 Å². The Morgan fingerprint density at radius 3 is 2.52 bits per heavy atom. The first-order valence-corrected chi connectivity index (χ1v) is 8.27. The minimum absolute atomic E-state index is 0.469. The molecule has 0 aromatic heterocycles. The summed E-state index contributed by atoms with van der Waals surface area (Å²) in [6.45, 7) is 10.6. The standard InChI is InChI=1S/C17H30ClN3/c1-6-10-19-12-15-11-16(18)8-9-17(15)21(7-2)14(3)13-20(4)5/h8-9,11,14,19H,6-7,10,12-13H2,1-5H3. The summed E-state index contributed by atoms with van der Waals surface area (Å²) in [4.78, 5) is 4.69. The van der Waals surface area contributed by atoms with E-state index in [0.717, 1.165) is 37.6 Å². The van der Waals surface area contributed by atoms with Crippen molar-refractivity contribution in [2.24, 2.45) is 0 Å². The molecule has 0 heterocycles. The fraction of sp³-hybridized carbons (Fsp3) is 0.647. The Morgan fingerprint density at radius 1 is 1.24 bits per heavy atom. The molecule has 0 radical (unpaired) electrons. The van der Waals surface area contributed by atoms with Gasteiger partial charge in [0, 0.05) is 36.4 Å². The highest BCUT2D eigenvalue weighted by Crippen LogP contribution is 2.26. The minimum Gasteiger partial charge on any atom is -0.368 e. The molecular formula is C17H30ClN3. The second kappa shape index (κ2) is 9.29. The average molecular weight is 312 g/mol. The minimum atomic E-state index is 0.469. The van der Waals surface area contributed by atoms with E-state index in [1.807, 2.05) is 6.07 Å². The maximum atomic E-state index is 6.19. The van der Waals surface area contributed by atoms with Crippen LogP contribution in [0.25, 0.3) is 0 Å². The van der Waals surface area contributed by atoms with Crippen molar-refractivity contribution in [3.8, 4) is 0 Å². The Labute approximate surface area is 135 Å². The maximum Gasteiger partial charge on any atom is 0.0415 e. The Morgan fingerprint density at radius 2 is 1.95 bits per heavy atom. The Hall–Kier alpha value is -0.770. The molecule has 0 aliphatic rings. The molecular weight excluding hydrogens is 282 g/mol. The zero-order chi connectivity index (χ0) is 15.8. The molecule has 1 unspecified atom stereocenters. The molecule has 1 atom stereocenters. The number of hydrogen-bond donors (Lipinski definition) is 1. The number of anilines is 1. The van der Waals surface area contributed by atoms with E-state index in [4.69, 9.17) is 11.6 Å². The van der Waals surface area contributed by atoms with Gasteiger partial charge in [-0.15, -0.1) is 0 Å². The van der Waals surface area contributed by atoms with Crippen molar-refractivity contribution < 1.29 is 0 Å². The van der Waals surface area contributed by atoms with Gasteiger partial charge in [-0.3, -0.25) is 0 Å². The lowest BCUT2D eigenvalue weighted by molar-refractivity contribution is 0.372. The molecule has 1 N–H and O–H groups in total. The summed E-state index contributed by atoms with van der Waals surface area (Å²) >= 11 is 6.19. The zero-order valence-corrected chi connectivity index (χ0v) is 14.9. The van der Waals surface area contributed by atoms with Gasteiger partial charge in [-0.2, -0.15) is 0 Å². The third-order valence-electron chi connectivity index (χ3n) is 3.60. The lowest BCUT2D eigenvalue weighted by atomic mass is 10.1. The van der Waals surface area contributed by atoms with Gasteiger partial charge < -0.3 is 15.1 Å². The van der Waals surface area contributed by atoms with Crippen LogP contribution < -0.4 is 10.2 Å². The fourth-order valence-corrected chi connectivity index (χ4v) is 2.92. The monoisotopic (exact) mass is 311 g/mol. The van der Waals surface area contributed by atoms with Crippen LogP contribution in [0.3, 0.4) is 0 Å². The zero-order valence-electron chi connectivity index (χ0n) is 14.1. The lowest BCUT2D eigenvalue weighted by Gasteiger charge is -2.33. The van der Waals surface area contributed by atoms with Crippen LogP contribution in [0.4, 0.5) is 5.69 Å². The van der Waals surface area contributed by atoms with Crippen LogP contribution in [0.2, 0.25) is 5.02 Å². The SMILES string of the molecule is CCCNCc1cc(Cl)ccc1N(CC)C(C)CN(C)C. The number of benzene rings is 1. The smallest absolute Gasteiger partial charge is 0.0415 e. The van der Waals surface area contributed by atoms with E-state index < -0.39 is 0 Å². The molecule has 3 nitrogen and oxygen atoms in total. The van der Waals surface area contributed by atoms with Gasteiger partial charge in [0.15, 0.2) is 0 Å². The number of likely N-dealkylation sites (N-methyl/N-ethyl adjacent to an activating group) is 2. The van der Waals surface area contributed by atoms with Gasteiger partial charge in [0.25, 0.3) is 0 Å². The highest BCUT2D eigenvalue weighted by molar-refractivity contribution is 6.30. The number of rotatable bonds is 9. The largest absolute Gasteiger partial charge is 0.368 e. The predicted molar refractivity (Wildman–Crippen MR) is 94.5 cm³/mol. The number of nitrogens with one attached hydrogen (secondary N) is 1. The van der Waals surface area contributed by atoms with E-state index in [0.29, 0.717) is 6.04 Å². The first kappa shape index (κ1) is 18.3. The van der Waals surface area contributed by atoms with Crippen LogP contribution in [0.5, 0.6) is 0 Å². The van der Waals surface area contributed by atoms with Gasteiger partial charge in [-0.25, -0.2) is 0 Å². The molecule has 0 aliphatic carbocycles. The van der Waals surface area contributed by atoms with Crippen molar-refractivity contribution in [1.29, 1.82) is 0 Å². The van der Waals surface area contributed by atoms with Crippen molar-refractivity contribution in [1.82, 2.24) is 10.2 Å². The van der Waals surface area contributed by atoms with Gasteiger partial charge in [0.2, 0.25) is 0 Å². The summed E-state index contributed by atoms with van der Waals surface area (Å²) in [5, 5.41) is 4.29. The highest BCUT2D eigenvalue weighted by Gasteiger charge is 2.16. The summed E-state index contributed by atoms with van der Waals surface area (Å²) in [5.41, 5.74) is 2.57. The molecule has 1 aromatic carbocycles. The normalized spacial score (nSPS) is 12.7. The molecule has 0 aliphatic heterocycles. The van der Waals surface area contributed by atoms with Crippen LogP contribution in [0.15, 0.2) is 18.2 Å². The molecule has 1 rings (SSSR count). The Balaban J connectivity index is 2.96. The van der Waals surface area contributed by atoms with Crippen LogP contribution >= 0.6 is 11.6 Å². The van der Waals surface area contributed by atoms with Crippen LogP contribution in [0.1, 0.15) is 32.8 Å². The Kier molecular flexibility index (Phi) is 8.09. The molecule has 4 heteroatoms. The molecule has 120 valence electrons. The molecule has 0 bridgehead atoms. The summed E-state index contributed by atoms with van der Waals surface area (Å²) in [6.07, 6.45) is 1.14. The second-order valence-electron chi connectivity index (χ2n) is 5.85. The van der Waals surface area contributed by atoms with E-state index in [9.17, 15) is 0 Å². The van der Waals surface area contributed by atoms with Gasteiger partial charge in [0.1, 0.15) is 0 Å². The maximum absolute atomic E-state index is 6.19. The summed E-state index contributed by atoms with van der Waals surface area (Å²) in [6, 6.07) is 6.70. The second-order valence-corrected chi connectivity index (χ2v) is 6.28. The molecule has 0 saturated heterocycles. The third-order valence-corrected chi connectivity index (χ3v) is 3.83.